The first kappa shape index (κ1) is 14.8. The summed E-state index contributed by atoms with van der Waals surface area (Å²) >= 11 is 0. The van der Waals surface area contributed by atoms with Crippen LogP contribution in [0.5, 0.6) is 0 Å². The SMILES string of the molecule is Cc1oc(-c2cnn(C)c2)nc1C(=O)N1C[C@@H](C)N[C@@H](C)C1. The molecule has 3 heterocycles. The topological polar surface area (TPSA) is 76.2 Å². The minimum atomic E-state index is -0.0726. The smallest absolute Gasteiger partial charge is 0.276 e. The monoisotopic (exact) mass is 303 g/mol. The van der Waals surface area contributed by atoms with Gasteiger partial charge in [0.1, 0.15) is 5.76 Å². The van der Waals surface area contributed by atoms with Gasteiger partial charge < -0.3 is 14.6 Å². The van der Waals surface area contributed by atoms with Crippen molar-refractivity contribution in [3.63, 3.8) is 0 Å². The number of rotatable bonds is 2. The second-order valence-electron chi connectivity index (χ2n) is 6.01. The third-order valence-corrected chi connectivity index (χ3v) is 3.80. The molecule has 1 aliphatic rings. The molecule has 1 fully saturated rings. The van der Waals surface area contributed by atoms with Gasteiger partial charge in [0.25, 0.3) is 5.91 Å². The molecule has 0 saturated carbocycles. The van der Waals surface area contributed by atoms with E-state index in [1.54, 1.807) is 17.8 Å². The Labute approximate surface area is 129 Å². The van der Waals surface area contributed by atoms with Gasteiger partial charge in [-0.05, 0) is 20.8 Å². The number of hydrogen-bond donors (Lipinski definition) is 1. The molecule has 118 valence electrons. The van der Waals surface area contributed by atoms with Gasteiger partial charge in [0, 0.05) is 38.4 Å². The van der Waals surface area contributed by atoms with Crippen molar-refractivity contribution in [1.82, 2.24) is 25.0 Å². The number of carbonyl (C=O) groups excluding carboxylic acids is 1. The van der Waals surface area contributed by atoms with Crippen molar-refractivity contribution in [1.29, 1.82) is 0 Å². The first-order valence-electron chi connectivity index (χ1n) is 7.46. The maximum Gasteiger partial charge on any atom is 0.276 e. The summed E-state index contributed by atoms with van der Waals surface area (Å²) in [5.74, 6) is 0.907. The largest absolute Gasteiger partial charge is 0.440 e. The molecule has 7 heteroatoms. The Bertz CT molecular complexity index is 680. The minimum Gasteiger partial charge on any atom is -0.440 e. The summed E-state index contributed by atoms with van der Waals surface area (Å²) in [4.78, 5) is 18.9. The summed E-state index contributed by atoms with van der Waals surface area (Å²) in [6.07, 6.45) is 3.49. The molecule has 0 unspecified atom stereocenters. The minimum absolute atomic E-state index is 0.0726. The third-order valence-electron chi connectivity index (χ3n) is 3.80. The molecular weight excluding hydrogens is 282 g/mol. The van der Waals surface area contributed by atoms with E-state index in [1.165, 1.54) is 0 Å². The zero-order valence-electron chi connectivity index (χ0n) is 13.3. The van der Waals surface area contributed by atoms with Crippen molar-refractivity contribution in [3.05, 3.63) is 23.8 Å². The Balaban J connectivity index is 1.85. The van der Waals surface area contributed by atoms with E-state index in [9.17, 15) is 4.79 Å². The van der Waals surface area contributed by atoms with Gasteiger partial charge in [-0.3, -0.25) is 9.48 Å². The summed E-state index contributed by atoms with van der Waals surface area (Å²) in [5.41, 5.74) is 1.16. The fraction of sp³-hybridized carbons (Fsp3) is 0.533. The third kappa shape index (κ3) is 2.76. The molecular formula is C15H21N5O2. The lowest BCUT2D eigenvalue weighted by molar-refractivity contribution is 0.0667. The highest BCUT2D eigenvalue weighted by Crippen LogP contribution is 2.22. The van der Waals surface area contributed by atoms with Crippen LogP contribution in [-0.2, 0) is 7.05 Å². The van der Waals surface area contributed by atoms with E-state index in [1.807, 2.05) is 18.1 Å². The first-order chi connectivity index (χ1) is 10.4. The molecule has 0 aromatic carbocycles. The van der Waals surface area contributed by atoms with Crippen LogP contribution in [0.2, 0.25) is 0 Å². The molecule has 7 nitrogen and oxygen atoms in total. The van der Waals surface area contributed by atoms with Gasteiger partial charge >= 0.3 is 0 Å². The van der Waals surface area contributed by atoms with Crippen LogP contribution in [0.4, 0.5) is 0 Å². The summed E-state index contributed by atoms with van der Waals surface area (Å²) < 4.78 is 7.33. The summed E-state index contributed by atoms with van der Waals surface area (Å²) in [7, 11) is 1.83. The maximum absolute atomic E-state index is 12.7. The average molecular weight is 303 g/mol. The van der Waals surface area contributed by atoms with Crippen molar-refractivity contribution in [3.8, 4) is 11.5 Å². The van der Waals surface area contributed by atoms with Crippen molar-refractivity contribution < 1.29 is 9.21 Å². The van der Waals surface area contributed by atoms with E-state index in [2.05, 4.69) is 29.2 Å². The zero-order chi connectivity index (χ0) is 15.9. The predicted octanol–water partition coefficient (Wildman–Crippen LogP) is 1.21. The predicted molar refractivity (Wildman–Crippen MR) is 81.4 cm³/mol. The number of nitrogens with zero attached hydrogens (tertiary/aromatic N) is 4. The first-order valence-corrected chi connectivity index (χ1v) is 7.46. The molecule has 0 aliphatic carbocycles. The van der Waals surface area contributed by atoms with Crippen molar-refractivity contribution >= 4 is 5.91 Å². The fourth-order valence-electron chi connectivity index (χ4n) is 2.89. The van der Waals surface area contributed by atoms with Gasteiger partial charge in [0.15, 0.2) is 5.69 Å². The zero-order valence-corrected chi connectivity index (χ0v) is 13.3. The average Bonchev–Trinajstić information content (AvgIpc) is 3.03. The van der Waals surface area contributed by atoms with Gasteiger partial charge in [0.05, 0.1) is 11.8 Å². The van der Waals surface area contributed by atoms with Crippen molar-refractivity contribution in [2.45, 2.75) is 32.9 Å². The van der Waals surface area contributed by atoms with Crippen LogP contribution in [0.15, 0.2) is 16.8 Å². The summed E-state index contributed by atoms with van der Waals surface area (Å²) in [6.45, 7) is 7.28. The van der Waals surface area contributed by atoms with Gasteiger partial charge in [-0.2, -0.15) is 5.10 Å². The highest BCUT2D eigenvalue weighted by molar-refractivity contribution is 5.93. The van der Waals surface area contributed by atoms with E-state index in [-0.39, 0.29) is 18.0 Å². The lowest BCUT2D eigenvalue weighted by Gasteiger charge is -2.35. The normalized spacial score (nSPS) is 22.1. The maximum atomic E-state index is 12.7. The lowest BCUT2D eigenvalue weighted by Crippen LogP contribution is -2.56. The van der Waals surface area contributed by atoms with Crippen molar-refractivity contribution in [2.75, 3.05) is 13.1 Å². The number of piperazine rings is 1. The molecule has 1 aliphatic heterocycles. The highest BCUT2D eigenvalue weighted by atomic mass is 16.4. The molecule has 22 heavy (non-hydrogen) atoms. The van der Waals surface area contributed by atoms with Gasteiger partial charge in [-0.25, -0.2) is 4.98 Å². The molecule has 2 atom stereocenters. The van der Waals surface area contributed by atoms with Crippen LogP contribution in [0.1, 0.15) is 30.1 Å². The second kappa shape index (κ2) is 5.57. The molecule has 3 rings (SSSR count). The Morgan fingerprint density at radius 2 is 2.05 bits per heavy atom. The van der Waals surface area contributed by atoms with Crippen LogP contribution in [0, 0.1) is 6.92 Å². The van der Waals surface area contributed by atoms with E-state index in [0.717, 1.165) is 5.56 Å². The van der Waals surface area contributed by atoms with E-state index >= 15 is 0 Å². The van der Waals surface area contributed by atoms with Crippen LogP contribution in [-0.4, -0.2) is 50.7 Å². The second-order valence-corrected chi connectivity index (χ2v) is 6.01. The van der Waals surface area contributed by atoms with Crippen molar-refractivity contribution in [2.24, 2.45) is 7.05 Å². The molecule has 0 spiro atoms. The Kier molecular flexibility index (Phi) is 3.74. The van der Waals surface area contributed by atoms with E-state index in [0.29, 0.717) is 30.4 Å². The number of oxazole rings is 1. The number of aromatic nitrogens is 3. The van der Waals surface area contributed by atoms with Crippen LogP contribution >= 0.6 is 0 Å². The standard InChI is InChI=1S/C15H21N5O2/c1-9-6-20(7-10(2)17-9)15(21)13-11(3)22-14(18-13)12-5-16-19(4)8-12/h5,8-10,17H,6-7H2,1-4H3/t9-,10+. The number of amides is 1. The van der Waals surface area contributed by atoms with Crippen LogP contribution in [0.25, 0.3) is 11.5 Å². The number of carbonyl (C=O) groups is 1. The quantitative estimate of drug-likeness (QED) is 0.902. The van der Waals surface area contributed by atoms with Gasteiger partial charge in [-0.1, -0.05) is 0 Å². The summed E-state index contributed by atoms with van der Waals surface area (Å²) in [5, 5.41) is 7.51. The lowest BCUT2D eigenvalue weighted by atomic mass is 10.1. The van der Waals surface area contributed by atoms with E-state index in [4.69, 9.17) is 4.42 Å². The molecule has 2 aromatic heterocycles. The number of nitrogens with one attached hydrogen (secondary N) is 1. The van der Waals surface area contributed by atoms with Crippen LogP contribution < -0.4 is 5.32 Å². The Morgan fingerprint density at radius 1 is 1.36 bits per heavy atom. The summed E-state index contributed by atoms with van der Waals surface area (Å²) in [6, 6.07) is 0.551. The van der Waals surface area contributed by atoms with E-state index < -0.39 is 0 Å². The van der Waals surface area contributed by atoms with Crippen LogP contribution in [0.3, 0.4) is 0 Å². The highest BCUT2D eigenvalue weighted by Gasteiger charge is 2.29. The molecule has 1 saturated heterocycles. The number of aryl methyl sites for hydroxylation is 2. The van der Waals surface area contributed by atoms with Gasteiger partial charge in [-0.15, -0.1) is 0 Å². The van der Waals surface area contributed by atoms with Gasteiger partial charge in [0.2, 0.25) is 5.89 Å². The Hall–Kier alpha value is -2.15. The molecule has 0 radical (unpaired) electrons. The Morgan fingerprint density at radius 3 is 2.64 bits per heavy atom. The molecule has 1 amide bonds. The fourth-order valence-corrected chi connectivity index (χ4v) is 2.89. The molecule has 0 bridgehead atoms. The number of hydrogen-bond acceptors (Lipinski definition) is 5. The molecule has 1 N–H and O–H groups in total. The molecule has 2 aromatic rings.